The third kappa shape index (κ3) is 3.39. The van der Waals surface area contributed by atoms with Crippen LogP contribution in [0.2, 0.25) is 0 Å². The third-order valence-electron chi connectivity index (χ3n) is 2.26. The molecule has 0 aliphatic rings. The highest BCUT2D eigenvalue weighted by atomic mass is 16.5. The molecule has 0 spiro atoms. The van der Waals surface area contributed by atoms with Crippen LogP contribution in [0.15, 0.2) is 0 Å². The highest BCUT2D eigenvalue weighted by Gasteiger charge is 2.13. The van der Waals surface area contributed by atoms with E-state index in [1.165, 1.54) is 0 Å². The lowest BCUT2D eigenvalue weighted by atomic mass is 10.4. The Balaban J connectivity index is 2.70. The zero-order chi connectivity index (χ0) is 12.0. The van der Waals surface area contributed by atoms with Gasteiger partial charge in [0.2, 0.25) is 0 Å². The molecule has 0 saturated carbocycles. The summed E-state index contributed by atoms with van der Waals surface area (Å²) in [7, 11) is 3.35. The number of anilines is 2. The number of nitrogens with one attached hydrogen (secondary N) is 1. The molecule has 1 rings (SSSR count). The Bertz CT molecular complexity index is 306. The van der Waals surface area contributed by atoms with Gasteiger partial charge in [-0.05, 0) is 6.92 Å². The Kier molecular flexibility index (Phi) is 5.07. The lowest BCUT2D eigenvalue weighted by Gasteiger charge is -2.22. The van der Waals surface area contributed by atoms with E-state index in [1.807, 2.05) is 11.8 Å². The van der Waals surface area contributed by atoms with Crippen LogP contribution in [-0.2, 0) is 9.47 Å². The van der Waals surface area contributed by atoms with Gasteiger partial charge >= 0.3 is 0 Å². The molecular formula is C10H20N4O2. The van der Waals surface area contributed by atoms with Gasteiger partial charge in [0.15, 0.2) is 5.82 Å². The van der Waals surface area contributed by atoms with E-state index in [-0.39, 0.29) is 0 Å². The number of imidazole rings is 1. The Hall–Kier alpha value is -1.27. The molecule has 0 atom stereocenters. The lowest BCUT2D eigenvalue weighted by Crippen LogP contribution is -2.31. The van der Waals surface area contributed by atoms with Gasteiger partial charge in [-0.2, -0.15) is 0 Å². The summed E-state index contributed by atoms with van der Waals surface area (Å²) in [6.07, 6.45) is 0. The van der Waals surface area contributed by atoms with Gasteiger partial charge in [0.1, 0.15) is 11.6 Å². The Morgan fingerprint density at radius 3 is 2.19 bits per heavy atom. The number of aromatic nitrogens is 2. The zero-order valence-corrected chi connectivity index (χ0v) is 10.1. The molecule has 6 heteroatoms. The van der Waals surface area contributed by atoms with E-state index in [4.69, 9.17) is 15.2 Å². The molecule has 0 aliphatic carbocycles. The van der Waals surface area contributed by atoms with Crippen molar-refractivity contribution < 1.29 is 9.47 Å². The van der Waals surface area contributed by atoms with Crippen LogP contribution in [0.25, 0.3) is 0 Å². The van der Waals surface area contributed by atoms with Crippen LogP contribution in [0.5, 0.6) is 0 Å². The summed E-state index contributed by atoms with van der Waals surface area (Å²) in [6, 6.07) is 0. The first kappa shape index (κ1) is 12.8. The number of methoxy groups -OCH3 is 2. The molecule has 16 heavy (non-hydrogen) atoms. The predicted molar refractivity (Wildman–Crippen MR) is 63.7 cm³/mol. The normalized spacial score (nSPS) is 10.7. The summed E-state index contributed by atoms with van der Waals surface area (Å²) < 4.78 is 10.1. The number of H-pyrrole nitrogens is 1. The van der Waals surface area contributed by atoms with Crippen molar-refractivity contribution in [3.8, 4) is 0 Å². The minimum atomic E-state index is 0.588. The van der Waals surface area contributed by atoms with Crippen molar-refractivity contribution in [3.63, 3.8) is 0 Å². The van der Waals surface area contributed by atoms with Gasteiger partial charge < -0.3 is 25.1 Å². The zero-order valence-electron chi connectivity index (χ0n) is 10.1. The van der Waals surface area contributed by atoms with Gasteiger partial charge in [-0.25, -0.2) is 4.98 Å². The van der Waals surface area contributed by atoms with E-state index >= 15 is 0 Å². The van der Waals surface area contributed by atoms with Crippen LogP contribution in [-0.4, -0.2) is 50.5 Å². The summed E-state index contributed by atoms with van der Waals surface area (Å²) in [6.45, 7) is 4.64. The minimum absolute atomic E-state index is 0.588. The van der Waals surface area contributed by atoms with Crippen LogP contribution in [0.1, 0.15) is 5.82 Å². The number of rotatable bonds is 7. The molecular weight excluding hydrogens is 208 g/mol. The second kappa shape index (κ2) is 6.34. The van der Waals surface area contributed by atoms with Crippen molar-refractivity contribution in [1.29, 1.82) is 0 Å². The van der Waals surface area contributed by atoms with Crippen LogP contribution in [0.3, 0.4) is 0 Å². The number of nitrogen functional groups attached to an aromatic ring is 1. The molecule has 1 heterocycles. The number of aromatic amines is 1. The average Bonchev–Trinajstić information content (AvgIpc) is 2.58. The molecule has 0 aromatic carbocycles. The Labute approximate surface area is 95.7 Å². The smallest absolute Gasteiger partial charge is 0.171 e. The predicted octanol–water partition coefficient (Wildman–Crippen LogP) is 0.400. The monoisotopic (exact) mass is 228 g/mol. The first-order valence-corrected chi connectivity index (χ1v) is 5.24. The van der Waals surface area contributed by atoms with Crippen LogP contribution in [0, 0.1) is 6.92 Å². The number of hydrogen-bond donors (Lipinski definition) is 2. The summed E-state index contributed by atoms with van der Waals surface area (Å²) >= 11 is 0. The van der Waals surface area contributed by atoms with Gasteiger partial charge in [-0.3, -0.25) is 0 Å². The molecule has 0 fully saturated rings. The first-order chi connectivity index (χ1) is 7.69. The van der Waals surface area contributed by atoms with E-state index in [9.17, 15) is 0 Å². The molecule has 3 N–H and O–H groups in total. The molecule has 0 aliphatic heterocycles. The summed E-state index contributed by atoms with van der Waals surface area (Å²) in [5.74, 6) is 2.17. The molecule has 92 valence electrons. The van der Waals surface area contributed by atoms with E-state index < -0.39 is 0 Å². The second-order valence-corrected chi connectivity index (χ2v) is 3.53. The van der Waals surface area contributed by atoms with Gasteiger partial charge in [-0.1, -0.05) is 0 Å². The Morgan fingerprint density at radius 2 is 1.81 bits per heavy atom. The highest BCUT2D eigenvalue weighted by Crippen LogP contribution is 2.19. The first-order valence-electron chi connectivity index (χ1n) is 5.24. The topological polar surface area (TPSA) is 76.4 Å². The summed E-state index contributed by atoms with van der Waals surface area (Å²) in [5.41, 5.74) is 5.84. The molecule has 0 radical (unpaired) electrons. The fourth-order valence-corrected chi connectivity index (χ4v) is 1.47. The van der Waals surface area contributed by atoms with Crippen LogP contribution >= 0.6 is 0 Å². The van der Waals surface area contributed by atoms with Crippen molar-refractivity contribution in [2.75, 3.05) is 51.2 Å². The van der Waals surface area contributed by atoms with Crippen molar-refractivity contribution in [2.45, 2.75) is 6.92 Å². The maximum atomic E-state index is 5.84. The molecule has 1 aromatic heterocycles. The minimum Gasteiger partial charge on any atom is -0.383 e. The average molecular weight is 228 g/mol. The fourth-order valence-electron chi connectivity index (χ4n) is 1.47. The maximum absolute atomic E-state index is 5.84. The number of nitrogens with two attached hydrogens (primary N) is 1. The largest absolute Gasteiger partial charge is 0.383 e. The van der Waals surface area contributed by atoms with Crippen LogP contribution < -0.4 is 10.6 Å². The molecule has 6 nitrogen and oxygen atoms in total. The van der Waals surface area contributed by atoms with Gasteiger partial charge in [0.25, 0.3) is 0 Å². The van der Waals surface area contributed by atoms with Gasteiger partial charge in [0, 0.05) is 27.3 Å². The van der Waals surface area contributed by atoms with Gasteiger partial charge in [0.05, 0.1) is 13.2 Å². The standard InChI is InChI=1S/C10H20N4O2/c1-8-12-9(11)10(13-8)14(4-6-15-2)5-7-16-3/h4-7,11H2,1-3H3,(H,12,13). The molecule has 0 unspecified atom stereocenters. The molecule has 0 bridgehead atoms. The number of ether oxygens (including phenoxy) is 2. The third-order valence-corrected chi connectivity index (χ3v) is 2.26. The van der Waals surface area contributed by atoms with E-state index in [2.05, 4.69) is 9.97 Å². The molecule has 0 amide bonds. The van der Waals surface area contributed by atoms with Crippen molar-refractivity contribution >= 4 is 11.6 Å². The SMILES string of the molecule is COCCN(CCOC)c1nc(C)[nH]c1N. The number of aryl methyl sites for hydroxylation is 1. The maximum Gasteiger partial charge on any atom is 0.171 e. The van der Waals surface area contributed by atoms with Gasteiger partial charge in [-0.15, -0.1) is 0 Å². The lowest BCUT2D eigenvalue weighted by molar-refractivity contribution is 0.190. The van der Waals surface area contributed by atoms with Crippen LogP contribution in [0.4, 0.5) is 11.6 Å². The molecule has 1 aromatic rings. The fraction of sp³-hybridized carbons (Fsp3) is 0.700. The van der Waals surface area contributed by atoms with Crippen molar-refractivity contribution in [1.82, 2.24) is 9.97 Å². The van der Waals surface area contributed by atoms with Crippen molar-refractivity contribution in [2.24, 2.45) is 0 Å². The second-order valence-electron chi connectivity index (χ2n) is 3.53. The van der Waals surface area contributed by atoms with E-state index in [1.54, 1.807) is 14.2 Å². The number of nitrogens with zero attached hydrogens (tertiary/aromatic N) is 2. The summed E-state index contributed by atoms with van der Waals surface area (Å²) in [4.78, 5) is 9.38. The Morgan fingerprint density at radius 1 is 1.25 bits per heavy atom. The summed E-state index contributed by atoms with van der Waals surface area (Å²) in [5, 5.41) is 0. The van der Waals surface area contributed by atoms with E-state index in [0.717, 1.165) is 24.7 Å². The van der Waals surface area contributed by atoms with E-state index in [0.29, 0.717) is 19.0 Å². The number of hydrogen-bond acceptors (Lipinski definition) is 5. The van der Waals surface area contributed by atoms with Crippen molar-refractivity contribution in [3.05, 3.63) is 5.82 Å². The highest BCUT2D eigenvalue weighted by molar-refractivity contribution is 5.58. The quantitative estimate of drug-likeness (QED) is 0.706. The molecule has 0 saturated heterocycles.